The first-order valence-corrected chi connectivity index (χ1v) is 10.8. The highest BCUT2D eigenvalue weighted by molar-refractivity contribution is 8.00. The van der Waals surface area contributed by atoms with Gasteiger partial charge in [-0.1, -0.05) is 35.9 Å². The van der Waals surface area contributed by atoms with Gasteiger partial charge in [0.25, 0.3) is 0 Å². The van der Waals surface area contributed by atoms with Crippen LogP contribution in [0.1, 0.15) is 32.8 Å². The topological polar surface area (TPSA) is 27.1 Å². The van der Waals surface area contributed by atoms with Gasteiger partial charge in [-0.2, -0.15) is 0 Å². The lowest BCUT2D eigenvalue weighted by Gasteiger charge is -2.30. The molecule has 3 nitrogen and oxygen atoms in total. The normalized spacial score (nSPS) is 13.5. The van der Waals surface area contributed by atoms with Gasteiger partial charge in [0.1, 0.15) is 5.75 Å². The van der Waals surface area contributed by atoms with Gasteiger partial charge in [0.15, 0.2) is 0 Å². The van der Waals surface area contributed by atoms with Crippen molar-refractivity contribution in [1.82, 2.24) is 9.55 Å². The number of hydrogen-bond acceptors (Lipinski definition) is 3. The number of aryl methyl sites for hydroxylation is 1. The fourth-order valence-corrected chi connectivity index (χ4v) is 4.58. The van der Waals surface area contributed by atoms with Crippen LogP contribution in [-0.4, -0.2) is 20.4 Å². The second kappa shape index (κ2) is 9.53. The molecule has 0 aliphatic rings. The van der Waals surface area contributed by atoms with Crippen LogP contribution >= 0.6 is 23.4 Å². The molecule has 1 atom stereocenters. The van der Waals surface area contributed by atoms with Crippen LogP contribution in [0.4, 0.5) is 0 Å². The zero-order valence-corrected chi connectivity index (χ0v) is 18.2. The number of hydrogen-bond donors (Lipinski definition) is 0. The van der Waals surface area contributed by atoms with Crippen molar-refractivity contribution in [2.24, 2.45) is 0 Å². The molecule has 0 saturated carbocycles. The quantitative estimate of drug-likeness (QED) is 0.373. The van der Waals surface area contributed by atoms with Gasteiger partial charge in [0.2, 0.25) is 0 Å². The summed E-state index contributed by atoms with van der Waals surface area (Å²) < 4.78 is 8.18. The smallest absolute Gasteiger partial charge is 0.133 e. The summed E-state index contributed by atoms with van der Waals surface area (Å²) in [6, 6.07) is 16.5. The molecule has 0 spiro atoms. The first-order chi connectivity index (χ1) is 13.4. The Balaban J connectivity index is 1.81. The van der Waals surface area contributed by atoms with Crippen molar-refractivity contribution in [2.75, 3.05) is 0 Å². The third-order valence-electron chi connectivity index (χ3n) is 4.50. The average molecular weight is 415 g/mol. The van der Waals surface area contributed by atoms with Gasteiger partial charge in [-0.05, 0) is 63.4 Å². The number of thioether (sulfide) groups is 1. The number of halogens is 1. The van der Waals surface area contributed by atoms with Crippen LogP contribution in [0.5, 0.6) is 5.75 Å². The highest BCUT2D eigenvalue weighted by Crippen LogP contribution is 2.42. The lowest BCUT2D eigenvalue weighted by molar-refractivity contribution is 0.236. The van der Waals surface area contributed by atoms with Crippen molar-refractivity contribution < 1.29 is 4.74 Å². The number of para-hydroxylation sites is 1. The molecule has 0 radical (unpaired) electrons. The molecule has 0 amide bonds. The van der Waals surface area contributed by atoms with Gasteiger partial charge < -0.3 is 9.30 Å². The van der Waals surface area contributed by atoms with Crippen LogP contribution in [0.2, 0.25) is 5.02 Å². The summed E-state index contributed by atoms with van der Waals surface area (Å²) in [7, 11) is 0. The van der Waals surface area contributed by atoms with Crippen molar-refractivity contribution in [3.63, 3.8) is 0 Å². The number of aromatic nitrogens is 2. The largest absolute Gasteiger partial charge is 0.490 e. The summed E-state index contributed by atoms with van der Waals surface area (Å²) >= 11 is 7.92. The molecule has 0 bridgehead atoms. The highest BCUT2D eigenvalue weighted by atomic mass is 35.5. The second-order valence-corrected chi connectivity index (χ2v) is 9.59. The Morgan fingerprint density at radius 1 is 1.14 bits per heavy atom. The maximum atomic E-state index is 6.05. The first-order valence-electron chi connectivity index (χ1n) is 9.58. The molecule has 2 aromatic carbocycles. The van der Waals surface area contributed by atoms with E-state index in [9.17, 15) is 0 Å². The first kappa shape index (κ1) is 20.8. The third-order valence-corrected chi connectivity index (χ3v) is 6.14. The van der Waals surface area contributed by atoms with E-state index in [1.54, 1.807) is 0 Å². The molecule has 0 aliphatic carbocycles. The monoisotopic (exact) mass is 414 g/mol. The van der Waals surface area contributed by atoms with Gasteiger partial charge in [0, 0.05) is 33.6 Å². The van der Waals surface area contributed by atoms with Gasteiger partial charge in [-0.3, -0.25) is 0 Å². The van der Waals surface area contributed by atoms with Crippen LogP contribution in [0.25, 0.3) is 0 Å². The maximum absolute atomic E-state index is 6.05. The van der Waals surface area contributed by atoms with E-state index in [0.29, 0.717) is 0 Å². The van der Waals surface area contributed by atoms with Gasteiger partial charge in [0.05, 0.1) is 12.4 Å². The minimum absolute atomic E-state index is 0.0171. The minimum atomic E-state index is -0.0171. The number of ether oxygens (including phenoxy) is 1. The van der Waals surface area contributed by atoms with Crippen molar-refractivity contribution in [2.45, 2.75) is 55.9 Å². The Morgan fingerprint density at radius 2 is 1.89 bits per heavy atom. The van der Waals surface area contributed by atoms with E-state index in [1.165, 1.54) is 10.5 Å². The van der Waals surface area contributed by atoms with Gasteiger partial charge in [-0.25, -0.2) is 4.98 Å². The van der Waals surface area contributed by atoms with Gasteiger partial charge in [-0.15, -0.1) is 11.8 Å². The summed E-state index contributed by atoms with van der Waals surface area (Å²) in [4.78, 5) is 5.39. The minimum Gasteiger partial charge on any atom is -0.490 e. The second-order valence-electron chi connectivity index (χ2n) is 7.53. The molecular formula is C23H27ClN2OS. The van der Waals surface area contributed by atoms with Crippen LogP contribution in [0, 0.1) is 0 Å². The fraction of sp³-hybridized carbons (Fsp3) is 0.348. The van der Waals surface area contributed by atoms with Crippen molar-refractivity contribution in [3.05, 3.63) is 77.8 Å². The molecule has 3 aromatic rings. The van der Waals surface area contributed by atoms with E-state index < -0.39 is 0 Å². The molecule has 0 fully saturated rings. The molecule has 28 heavy (non-hydrogen) atoms. The maximum Gasteiger partial charge on any atom is 0.133 e. The van der Waals surface area contributed by atoms with Gasteiger partial charge >= 0.3 is 0 Å². The Kier molecular flexibility index (Phi) is 7.08. The number of nitrogens with zero attached hydrogens (tertiary/aromatic N) is 2. The number of rotatable bonds is 9. The fourth-order valence-electron chi connectivity index (χ4n) is 3.14. The van der Waals surface area contributed by atoms with E-state index in [1.807, 2.05) is 48.7 Å². The predicted molar refractivity (Wildman–Crippen MR) is 118 cm³/mol. The van der Waals surface area contributed by atoms with E-state index in [4.69, 9.17) is 16.3 Å². The summed E-state index contributed by atoms with van der Waals surface area (Å²) in [5.41, 5.74) is 1.30. The molecule has 1 unspecified atom stereocenters. The number of benzene rings is 2. The van der Waals surface area contributed by atoms with E-state index in [-0.39, 0.29) is 10.9 Å². The molecule has 0 saturated heterocycles. The standard InChI is InChI=1S/C23H27ClN2OS/c1-18(2)27-21-6-4-5-7-22(21)28-23(3,16-26-15-14-25-17-26)13-12-19-8-10-20(24)11-9-19/h4-11,14-15,17-18H,12-13,16H2,1-3H3. The molecule has 1 aromatic heterocycles. The molecule has 1 heterocycles. The zero-order chi connectivity index (χ0) is 20.0. The Hall–Kier alpha value is -1.91. The molecule has 0 aliphatic heterocycles. The highest BCUT2D eigenvalue weighted by Gasteiger charge is 2.28. The summed E-state index contributed by atoms with van der Waals surface area (Å²) in [5, 5.41) is 0.777. The number of imidazole rings is 1. The SMILES string of the molecule is CC(C)Oc1ccccc1SC(C)(CCc1ccc(Cl)cc1)Cn1ccnc1. The predicted octanol–water partition coefficient (Wildman–Crippen LogP) is 6.51. The third kappa shape index (κ3) is 6.05. The zero-order valence-electron chi connectivity index (χ0n) is 16.6. The van der Waals surface area contributed by atoms with Crippen LogP contribution < -0.4 is 4.74 Å². The summed E-state index contributed by atoms with van der Waals surface area (Å²) in [6.07, 6.45) is 7.90. The van der Waals surface area contributed by atoms with Crippen molar-refractivity contribution in [1.29, 1.82) is 0 Å². The van der Waals surface area contributed by atoms with Crippen molar-refractivity contribution >= 4 is 23.4 Å². The summed E-state index contributed by atoms with van der Waals surface area (Å²) in [5.74, 6) is 0.950. The van der Waals surface area contributed by atoms with E-state index >= 15 is 0 Å². The van der Waals surface area contributed by atoms with Crippen LogP contribution in [0.3, 0.4) is 0 Å². The van der Waals surface area contributed by atoms with E-state index in [2.05, 4.69) is 60.7 Å². The van der Waals surface area contributed by atoms with Crippen LogP contribution in [0.15, 0.2) is 72.1 Å². The molecule has 5 heteroatoms. The Labute approximate surface area is 177 Å². The Bertz CT molecular complexity index is 865. The average Bonchev–Trinajstić information content (AvgIpc) is 3.15. The van der Waals surface area contributed by atoms with Crippen molar-refractivity contribution in [3.8, 4) is 5.75 Å². The Morgan fingerprint density at radius 3 is 2.57 bits per heavy atom. The molecular weight excluding hydrogens is 388 g/mol. The molecule has 148 valence electrons. The van der Waals surface area contributed by atoms with E-state index in [0.717, 1.165) is 30.2 Å². The lowest BCUT2D eigenvalue weighted by atomic mass is 10.00. The summed E-state index contributed by atoms with van der Waals surface area (Å²) in [6.45, 7) is 7.32. The molecule has 3 rings (SSSR count). The van der Waals surface area contributed by atoms with Crippen LogP contribution in [-0.2, 0) is 13.0 Å². The lowest BCUT2D eigenvalue weighted by Crippen LogP contribution is -2.27. The molecule has 0 N–H and O–H groups in total.